The van der Waals surface area contributed by atoms with Gasteiger partial charge in [-0.1, -0.05) is 6.08 Å². The Morgan fingerprint density at radius 1 is 1.11 bits per heavy atom. The number of methoxy groups -OCH3 is 1. The summed E-state index contributed by atoms with van der Waals surface area (Å²) in [6.45, 7) is 6.03. The molecule has 1 aliphatic heterocycles. The van der Waals surface area contributed by atoms with Crippen LogP contribution in [0.1, 0.15) is 38.0 Å². The Balaban J connectivity index is 1.83. The predicted molar refractivity (Wildman–Crippen MR) is 104 cm³/mol. The number of anilines is 1. The molecule has 1 aliphatic rings. The van der Waals surface area contributed by atoms with E-state index in [1.165, 1.54) is 31.4 Å². The van der Waals surface area contributed by atoms with Crippen LogP contribution in [0.15, 0.2) is 49.1 Å². The third-order valence-electron chi connectivity index (χ3n) is 4.27. The maximum Gasteiger partial charge on any atom is 0.261 e. The van der Waals surface area contributed by atoms with Crippen molar-refractivity contribution in [1.82, 2.24) is 4.90 Å². The topological polar surface area (TPSA) is 84.9 Å². The van der Waals surface area contributed by atoms with E-state index in [4.69, 9.17) is 9.47 Å². The van der Waals surface area contributed by atoms with Gasteiger partial charge in [-0.3, -0.25) is 19.3 Å². The number of rotatable bonds is 7. The Bertz CT molecular complexity index is 967. The first-order valence-corrected chi connectivity index (χ1v) is 8.73. The summed E-state index contributed by atoms with van der Waals surface area (Å²) in [5.74, 6) is -0.154. The number of nitrogens with zero attached hydrogens (tertiary/aromatic N) is 1. The van der Waals surface area contributed by atoms with Crippen LogP contribution in [0, 0.1) is 0 Å². The molecule has 3 rings (SSSR count). The number of fused-ring (bicyclic) bond motifs is 1. The van der Waals surface area contributed by atoms with Crippen molar-refractivity contribution >= 4 is 23.4 Å². The first-order valence-electron chi connectivity index (χ1n) is 8.73. The van der Waals surface area contributed by atoms with Crippen LogP contribution < -0.4 is 14.8 Å². The molecule has 1 N–H and O–H groups in total. The maximum atomic E-state index is 12.6. The minimum atomic E-state index is -0.433. The zero-order valence-electron chi connectivity index (χ0n) is 15.7. The van der Waals surface area contributed by atoms with E-state index in [1.54, 1.807) is 18.2 Å². The van der Waals surface area contributed by atoms with Crippen LogP contribution in [0.5, 0.6) is 11.5 Å². The van der Waals surface area contributed by atoms with Gasteiger partial charge in [0, 0.05) is 23.9 Å². The van der Waals surface area contributed by atoms with Crippen molar-refractivity contribution in [3.05, 3.63) is 65.7 Å². The van der Waals surface area contributed by atoms with Gasteiger partial charge < -0.3 is 14.8 Å². The Kier molecular flexibility index (Phi) is 5.44. The fourth-order valence-electron chi connectivity index (χ4n) is 2.95. The monoisotopic (exact) mass is 380 g/mol. The molecule has 0 saturated heterocycles. The van der Waals surface area contributed by atoms with Crippen LogP contribution in [0.4, 0.5) is 5.69 Å². The van der Waals surface area contributed by atoms with E-state index < -0.39 is 11.8 Å². The first kappa shape index (κ1) is 19.2. The third kappa shape index (κ3) is 3.46. The molecule has 144 valence electrons. The molecule has 2 aromatic rings. The molecular weight excluding hydrogens is 360 g/mol. The zero-order valence-corrected chi connectivity index (χ0v) is 15.7. The highest BCUT2D eigenvalue weighted by Crippen LogP contribution is 2.30. The number of ether oxygens (including phenoxy) is 2. The van der Waals surface area contributed by atoms with Gasteiger partial charge in [0.05, 0.1) is 24.8 Å². The maximum absolute atomic E-state index is 12.6. The molecular formula is C21H20N2O5. The number of hydrogen-bond donors (Lipinski definition) is 1. The van der Waals surface area contributed by atoms with Crippen LogP contribution in [-0.4, -0.2) is 42.9 Å². The zero-order chi connectivity index (χ0) is 20.3. The third-order valence-corrected chi connectivity index (χ3v) is 4.27. The van der Waals surface area contributed by atoms with Gasteiger partial charge >= 0.3 is 0 Å². The van der Waals surface area contributed by atoms with Gasteiger partial charge in [0.25, 0.3) is 17.7 Å². The molecule has 28 heavy (non-hydrogen) atoms. The summed E-state index contributed by atoms with van der Waals surface area (Å²) in [5, 5.41) is 2.76. The average Bonchev–Trinajstić information content (AvgIpc) is 2.94. The summed E-state index contributed by atoms with van der Waals surface area (Å²) in [5.41, 5.74) is 1.28. The second-order valence-electron chi connectivity index (χ2n) is 6.02. The summed E-state index contributed by atoms with van der Waals surface area (Å²) >= 11 is 0. The molecule has 0 unspecified atom stereocenters. The fourth-order valence-corrected chi connectivity index (χ4v) is 2.95. The Labute approximate surface area is 162 Å². The quantitative estimate of drug-likeness (QED) is 0.589. The SMILES string of the molecule is C=CCN1C(=O)c2ccc(C(=O)Nc3ccc(OCC)c(OC)c3)cc2C1=O. The van der Waals surface area contributed by atoms with Crippen molar-refractivity contribution < 1.29 is 23.9 Å². The molecule has 0 atom stereocenters. The van der Waals surface area contributed by atoms with Crippen LogP contribution in [0.2, 0.25) is 0 Å². The second-order valence-corrected chi connectivity index (χ2v) is 6.02. The molecule has 0 bridgehead atoms. The number of hydrogen-bond acceptors (Lipinski definition) is 5. The van der Waals surface area contributed by atoms with E-state index in [0.29, 0.717) is 23.8 Å². The largest absolute Gasteiger partial charge is 0.493 e. The lowest BCUT2D eigenvalue weighted by Crippen LogP contribution is -2.29. The smallest absolute Gasteiger partial charge is 0.261 e. The highest BCUT2D eigenvalue weighted by atomic mass is 16.5. The normalized spacial score (nSPS) is 12.6. The molecule has 0 fully saturated rings. The van der Waals surface area contributed by atoms with Crippen molar-refractivity contribution in [3.8, 4) is 11.5 Å². The second kappa shape index (κ2) is 7.96. The molecule has 0 aliphatic carbocycles. The van der Waals surface area contributed by atoms with E-state index in [-0.39, 0.29) is 29.1 Å². The molecule has 0 saturated carbocycles. The fraction of sp³-hybridized carbons (Fsp3) is 0.190. The lowest BCUT2D eigenvalue weighted by molar-refractivity contribution is 0.0672. The minimum absolute atomic E-state index is 0.125. The van der Waals surface area contributed by atoms with Gasteiger partial charge in [0.2, 0.25) is 0 Å². The van der Waals surface area contributed by atoms with E-state index >= 15 is 0 Å². The lowest BCUT2D eigenvalue weighted by Gasteiger charge is -2.12. The summed E-state index contributed by atoms with van der Waals surface area (Å²) in [4.78, 5) is 38.4. The van der Waals surface area contributed by atoms with Crippen LogP contribution in [0.3, 0.4) is 0 Å². The standard InChI is InChI=1S/C21H20N2O5/c1-4-10-23-20(25)15-8-6-13(11-16(15)21(23)26)19(24)22-14-7-9-17(28-5-2)18(12-14)27-3/h4,6-9,11-12H,1,5,10H2,2-3H3,(H,22,24). The van der Waals surface area contributed by atoms with Crippen LogP contribution in [0.25, 0.3) is 0 Å². The van der Waals surface area contributed by atoms with E-state index in [2.05, 4.69) is 11.9 Å². The molecule has 0 spiro atoms. The van der Waals surface area contributed by atoms with Gasteiger partial charge in [0.1, 0.15) is 0 Å². The number of imide groups is 1. The molecule has 0 radical (unpaired) electrons. The van der Waals surface area contributed by atoms with Crippen molar-refractivity contribution in [2.75, 3.05) is 25.6 Å². The number of carbonyl (C=O) groups excluding carboxylic acids is 3. The molecule has 7 heteroatoms. The van der Waals surface area contributed by atoms with Crippen LogP contribution in [-0.2, 0) is 0 Å². The number of amides is 3. The van der Waals surface area contributed by atoms with Crippen molar-refractivity contribution in [2.24, 2.45) is 0 Å². The number of benzene rings is 2. The summed E-state index contributed by atoms with van der Waals surface area (Å²) in [6, 6.07) is 9.49. The summed E-state index contributed by atoms with van der Waals surface area (Å²) in [6.07, 6.45) is 1.48. The van der Waals surface area contributed by atoms with E-state index in [0.717, 1.165) is 4.90 Å². The molecule has 3 amide bonds. The highest BCUT2D eigenvalue weighted by molar-refractivity contribution is 6.22. The highest BCUT2D eigenvalue weighted by Gasteiger charge is 2.35. The van der Waals surface area contributed by atoms with Gasteiger partial charge in [-0.05, 0) is 37.3 Å². The Morgan fingerprint density at radius 3 is 2.54 bits per heavy atom. The predicted octanol–water partition coefficient (Wildman–Crippen LogP) is 3.13. The van der Waals surface area contributed by atoms with Gasteiger partial charge in [-0.25, -0.2) is 0 Å². The Morgan fingerprint density at radius 2 is 1.86 bits per heavy atom. The number of carbonyl (C=O) groups is 3. The minimum Gasteiger partial charge on any atom is -0.493 e. The van der Waals surface area contributed by atoms with Crippen molar-refractivity contribution in [2.45, 2.75) is 6.92 Å². The molecule has 2 aromatic carbocycles. The van der Waals surface area contributed by atoms with Crippen LogP contribution >= 0.6 is 0 Å². The molecule has 1 heterocycles. The van der Waals surface area contributed by atoms with E-state index in [9.17, 15) is 14.4 Å². The van der Waals surface area contributed by atoms with Crippen molar-refractivity contribution in [1.29, 1.82) is 0 Å². The average molecular weight is 380 g/mol. The first-order chi connectivity index (χ1) is 13.5. The summed E-state index contributed by atoms with van der Waals surface area (Å²) < 4.78 is 10.7. The van der Waals surface area contributed by atoms with Gasteiger partial charge in [-0.2, -0.15) is 0 Å². The summed E-state index contributed by atoms with van der Waals surface area (Å²) in [7, 11) is 1.52. The Hall–Kier alpha value is -3.61. The van der Waals surface area contributed by atoms with E-state index in [1.807, 2.05) is 6.92 Å². The molecule has 0 aromatic heterocycles. The van der Waals surface area contributed by atoms with Gasteiger partial charge in [-0.15, -0.1) is 6.58 Å². The number of nitrogens with one attached hydrogen (secondary N) is 1. The molecule has 7 nitrogen and oxygen atoms in total. The lowest BCUT2D eigenvalue weighted by atomic mass is 10.1. The van der Waals surface area contributed by atoms with Gasteiger partial charge in [0.15, 0.2) is 11.5 Å². The van der Waals surface area contributed by atoms with Crippen molar-refractivity contribution in [3.63, 3.8) is 0 Å².